The van der Waals surface area contributed by atoms with Crippen molar-refractivity contribution in [1.29, 1.82) is 0 Å². The molecule has 0 saturated carbocycles. The van der Waals surface area contributed by atoms with Crippen LogP contribution in [0.25, 0.3) is 11.1 Å². The molecule has 3 rings (SSSR count). The predicted molar refractivity (Wildman–Crippen MR) is 107 cm³/mol. The van der Waals surface area contributed by atoms with Crippen LogP contribution in [0.15, 0.2) is 36.4 Å². The summed E-state index contributed by atoms with van der Waals surface area (Å²) >= 11 is 0. The van der Waals surface area contributed by atoms with E-state index in [0.29, 0.717) is 6.54 Å². The van der Waals surface area contributed by atoms with Crippen LogP contribution in [0.5, 0.6) is 5.75 Å². The standard InChI is InChI=1S/C22H28F2N2O/c1-3-4-18-15-20(26-13-11-25(10-9-23)12-14-26)16-21(22(18)27-2)17-5-7-19(24)8-6-17/h5-8,15-16H,3-4,9-14H2,1-2H3. The first-order valence-corrected chi connectivity index (χ1v) is 9.66. The van der Waals surface area contributed by atoms with Crippen LogP contribution in [0.4, 0.5) is 14.5 Å². The Bertz CT molecular complexity index is 741. The van der Waals surface area contributed by atoms with Gasteiger partial charge in [-0.2, -0.15) is 0 Å². The van der Waals surface area contributed by atoms with Gasteiger partial charge in [0.25, 0.3) is 0 Å². The van der Waals surface area contributed by atoms with Crippen LogP contribution in [-0.4, -0.2) is 51.4 Å². The normalized spacial score (nSPS) is 15.2. The molecule has 2 aromatic carbocycles. The molecule has 0 bridgehead atoms. The molecule has 0 aliphatic carbocycles. The summed E-state index contributed by atoms with van der Waals surface area (Å²) in [6.07, 6.45) is 1.94. The van der Waals surface area contributed by atoms with E-state index in [1.54, 1.807) is 19.2 Å². The molecule has 0 N–H and O–H groups in total. The Morgan fingerprint density at radius 3 is 2.33 bits per heavy atom. The van der Waals surface area contributed by atoms with Gasteiger partial charge in [0.05, 0.1) is 7.11 Å². The summed E-state index contributed by atoms with van der Waals surface area (Å²) in [6.45, 7) is 5.85. The molecule has 0 unspecified atom stereocenters. The second-order valence-corrected chi connectivity index (χ2v) is 6.96. The average molecular weight is 374 g/mol. The first-order valence-electron chi connectivity index (χ1n) is 9.66. The molecule has 0 atom stereocenters. The van der Waals surface area contributed by atoms with E-state index in [2.05, 4.69) is 28.9 Å². The molecule has 1 heterocycles. The highest BCUT2D eigenvalue weighted by Crippen LogP contribution is 2.38. The SMILES string of the molecule is CCCc1cc(N2CCN(CCF)CC2)cc(-c2ccc(F)cc2)c1OC. The van der Waals surface area contributed by atoms with E-state index in [1.165, 1.54) is 17.7 Å². The fourth-order valence-corrected chi connectivity index (χ4v) is 3.74. The number of hydrogen-bond acceptors (Lipinski definition) is 3. The van der Waals surface area contributed by atoms with Crippen LogP contribution >= 0.6 is 0 Å². The maximum absolute atomic E-state index is 13.4. The lowest BCUT2D eigenvalue weighted by atomic mass is 9.97. The largest absolute Gasteiger partial charge is 0.496 e. The van der Waals surface area contributed by atoms with Gasteiger partial charge in [-0.1, -0.05) is 25.5 Å². The van der Waals surface area contributed by atoms with Gasteiger partial charge in [0.1, 0.15) is 18.2 Å². The number of aryl methyl sites for hydroxylation is 1. The Morgan fingerprint density at radius 2 is 1.74 bits per heavy atom. The van der Waals surface area contributed by atoms with Gasteiger partial charge in [0, 0.05) is 44.0 Å². The Labute approximate surface area is 160 Å². The lowest BCUT2D eigenvalue weighted by Gasteiger charge is -2.36. The molecule has 5 heteroatoms. The maximum Gasteiger partial charge on any atom is 0.130 e. The fraction of sp³-hybridized carbons (Fsp3) is 0.455. The van der Waals surface area contributed by atoms with Crippen LogP contribution < -0.4 is 9.64 Å². The summed E-state index contributed by atoms with van der Waals surface area (Å²) in [5.41, 5.74) is 4.26. The van der Waals surface area contributed by atoms with Crippen LogP contribution in [0.3, 0.4) is 0 Å². The van der Waals surface area contributed by atoms with Crippen LogP contribution in [0.1, 0.15) is 18.9 Å². The summed E-state index contributed by atoms with van der Waals surface area (Å²) in [5, 5.41) is 0. The first kappa shape index (κ1) is 19.6. The average Bonchev–Trinajstić information content (AvgIpc) is 2.69. The summed E-state index contributed by atoms with van der Waals surface area (Å²) < 4.78 is 31.7. The molecule has 3 nitrogen and oxygen atoms in total. The van der Waals surface area contributed by atoms with Gasteiger partial charge >= 0.3 is 0 Å². The molecule has 0 aromatic heterocycles. The number of hydrogen-bond donors (Lipinski definition) is 0. The summed E-state index contributed by atoms with van der Waals surface area (Å²) in [7, 11) is 1.69. The van der Waals surface area contributed by atoms with Gasteiger partial charge in [0.15, 0.2) is 0 Å². The van der Waals surface area contributed by atoms with Crippen molar-refractivity contribution in [3.05, 3.63) is 47.8 Å². The molecule has 146 valence electrons. The third-order valence-electron chi connectivity index (χ3n) is 5.17. The third kappa shape index (κ3) is 4.59. The molecule has 27 heavy (non-hydrogen) atoms. The molecule has 0 amide bonds. The number of halogens is 2. The van der Waals surface area contributed by atoms with Crippen LogP contribution in [-0.2, 0) is 6.42 Å². The number of piperazine rings is 1. The Hall–Kier alpha value is -2.14. The lowest BCUT2D eigenvalue weighted by molar-refractivity contribution is 0.235. The van der Waals surface area contributed by atoms with Crippen molar-refractivity contribution in [3.8, 4) is 16.9 Å². The van der Waals surface area contributed by atoms with E-state index in [4.69, 9.17) is 4.74 Å². The summed E-state index contributed by atoms with van der Waals surface area (Å²) in [4.78, 5) is 4.51. The highest BCUT2D eigenvalue weighted by Gasteiger charge is 2.20. The minimum absolute atomic E-state index is 0.244. The van der Waals surface area contributed by atoms with Crippen molar-refractivity contribution in [1.82, 2.24) is 4.90 Å². The van der Waals surface area contributed by atoms with E-state index in [1.807, 2.05) is 0 Å². The first-order chi connectivity index (χ1) is 13.2. The topological polar surface area (TPSA) is 15.7 Å². The van der Waals surface area contributed by atoms with Crippen LogP contribution in [0.2, 0.25) is 0 Å². The van der Waals surface area contributed by atoms with E-state index in [-0.39, 0.29) is 12.5 Å². The van der Waals surface area contributed by atoms with Gasteiger partial charge in [-0.25, -0.2) is 8.78 Å². The molecule has 0 spiro atoms. The van der Waals surface area contributed by atoms with Gasteiger partial charge in [-0.05, 0) is 41.8 Å². The zero-order chi connectivity index (χ0) is 19.2. The number of anilines is 1. The summed E-state index contributed by atoms with van der Waals surface area (Å²) in [6, 6.07) is 10.9. The van der Waals surface area contributed by atoms with Gasteiger partial charge < -0.3 is 9.64 Å². The number of ether oxygens (including phenoxy) is 1. The van der Waals surface area contributed by atoms with E-state index >= 15 is 0 Å². The van der Waals surface area contributed by atoms with Gasteiger partial charge in [-0.3, -0.25) is 4.90 Å². The number of benzene rings is 2. The molecule has 1 fully saturated rings. The molecule has 1 saturated heterocycles. The molecular weight excluding hydrogens is 346 g/mol. The summed E-state index contributed by atoms with van der Waals surface area (Å²) in [5.74, 6) is 0.620. The van der Waals surface area contributed by atoms with Gasteiger partial charge in [0.2, 0.25) is 0 Å². The lowest BCUT2D eigenvalue weighted by Crippen LogP contribution is -2.47. The van der Waals surface area contributed by atoms with E-state index in [0.717, 1.165) is 61.6 Å². The second-order valence-electron chi connectivity index (χ2n) is 6.96. The molecule has 0 radical (unpaired) electrons. The minimum Gasteiger partial charge on any atom is -0.496 e. The molecule has 1 aliphatic rings. The Balaban J connectivity index is 1.96. The van der Waals surface area contributed by atoms with Crippen molar-refractivity contribution < 1.29 is 13.5 Å². The maximum atomic E-state index is 13.4. The number of methoxy groups -OCH3 is 1. The smallest absolute Gasteiger partial charge is 0.130 e. The number of rotatable bonds is 7. The zero-order valence-corrected chi connectivity index (χ0v) is 16.2. The Kier molecular flexibility index (Phi) is 6.67. The predicted octanol–water partition coefficient (Wildman–Crippen LogP) is 4.55. The van der Waals surface area contributed by atoms with E-state index in [9.17, 15) is 8.78 Å². The van der Waals surface area contributed by atoms with Gasteiger partial charge in [-0.15, -0.1) is 0 Å². The highest BCUT2D eigenvalue weighted by atomic mass is 19.1. The van der Waals surface area contributed by atoms with Crippen molar-refractivity contribution in [2.24, 2.45) is 0 Å². The highest BCUT2D eigenvalue weighted by molar-refractivity contribution is 5.77. The molecular formula is C22H28F2N2O. The van der Waals surface area contributed by atoms with Crippen LogP contribution in [0, 0.1) is 5.82 Å². The van der Waals surface area contributed by atoms with Crippen molar-refractivity contribution in [2.45, 2.75) is 19.8 Å². The number of nitrogens with zero attached hydrogens (tertiary/aromatic N) is 2. The molecule has 1 aliphatic heterocycles. The molecule has 2 aromatic rings. The van der Waals surface area contributed by atoms with Crippen molar-refractivity contribution in [3.63, 3.8) is 0 Å². The Morgan fingerprint density at radius 1 is 1.04 bits per heavy atom. The van der Waals surface area contributed by atoms with E-state index < -0.39 is 0 Å². The van der Waals surface area contributed by atoms with Crippen molar-refractivity contribution in [2.75, 3.05) is 51.4 Å². The quantitative estimate of drug-likeness (QED) is 0.707. The second kappa shape index (κ2) is 9.18. The third-order valence-corrected chi connectivity index (χ3v) is 5.17. The fourth-order valence-electron chi connectivity index (χ4n) is 3.74. The zero-order valence-electron chi connectivity index (χ0n) is 16.2. The number of alkyl halides is 1. The van der Waals surface area contributed by atoms with Crippen molar-refractivity contribution >= 4 is 5.69 Å². The minimum atomic E-state index is -0.294. The monoisotopic (exact) mass is 374 g/mol.